The van der Waals surface area contributed by atoms with Crippen LogP contribution in [0, 0.1) is 28.6 Å². The molecule has 0 amide bonds. The van der Waals surface area contributed by atoms with Gasteiger partial charge < -0.3 is 0 Å². The van der Waals surface area contributed by atoms with E-state index in [0.29, 0.717) is 11.1 Å². The first kappa shape index (κ1) is 9.29. The highest BCUT2D eigenvalue weighted by molar-refractivity contribution is 5.46. The molecule has 1 radical (unpaired) electrons. The Morgan fingerprint density at radius 1 is 1.00 bits per heavy atom. The Morgan fingerprint density at radius 3 is 1.77 bits per heavy atom. The zero-order valence-corrected chi connectivity index (χ0v) is 7.63. The van der Waals surface area contributed by atoms with Gasteiger partial charge in [0.1, 0.15) is 0 Å². The van der Waals surface area contributed by atoms with Crippen LogP contribution in [0.5, 0.6) is 0 Å². The van der Waals surface area contributed by atoms with Crippen LogP contribution in [-0.2, 0) is 0 Å². The van der Waals surface area contributed by atoms with Gasteiger partial charge in [-0.3, -0.25) is 0 Å². The molecule has 0 atom stereocenters. The van der Waals surface area contributed by atoms with E-state index in [0.717, 1.165) is 11.5 Å². The van der Waals surface area contributed by atoms with Crippen LogP contribution < -0.4 is 0 Å². The molecule has 1 rings (SSSR count). The minimum absolute atomic E-state index is 0.537. The van der Waals surface area contributed by atoms with Crippen molar-refractivity contribution in [2.75, 3.05) is 0 Å². The van der Waals surface area contributed by atoms with E-state index in [9.17, 15) is 0 Å². The summed E-state index contributed by atoms with van der Waals surface area (Å²) in [5.74, 6) is 1.11. The third-order valence-corrected chi connectivity index (χ3v) is 1.77. The van der Waals surface area contributed by atoms with E-state index in [-0.39, 0.29) is 0 Å². The predicted molar refractivity (Wildman–Crippen MR) is 49.6 cm³/mol. The zero-order valence-electron chi connectivity index (χ0n) is 7.63. The highest BCUT2D eigenvalue weighted by Gasteiger charge is 2.03. The molecule has 0 heterocycles. The summed E-state index contributed by atoms with van der Waals surface area (Å²) in [6, 6.07) is 9.23. The molecule has 13 heavy (non-hydrogen) atoms. The van der Waals surface area contributed by atoms with E-state index < -0.39 is 0 Å². The number of hydrogen-bond donors (Lipinski definition) is 0. The Bertz CT molecular complexity index is 359. The molecule has 0 unspecified atom stereocenters. The van der Waals surface area contributed by atoms with E-state index in [1.807, 2.05) is 26.0 Å². The highest BCUT2D eigenvalue weighted by Crippen LogP contribution is 2.16. The number of nitrogens with zero attached hydrogens (tertiary/aromatic N) is 2. The quantitative estimate of drug-likeness (QED) is 0.648. The summed E-state index contributed by atoms with van der Waals surface area (Å²) in [6.45, 7) is 3.91. The van der Waals surface area contributed by atoms with Crippen LogP contribution >= 0.6 is 0 Å². The van der Waals surface area contributed by atoms with Gasteiger partial charge in [-0.2, -0.15) is 10.5 Å². The SMILES string of the molecule is C[C](C)c1cc(C#N)cc(C#N)c1. The molecule has 0 fully saturated rings. The highest BCUT2D eigenvalue weighted by atomic mass is 14.3. The van der Waals surface area contributed by atoms with Crippen molar-refractivity contribution in [1.82, 2.24) is 0 Å². The van der Waals surface area contributed by atoms with Crippen LogP contribution in [0.25, 0.3) is 0 Å². The van der Waals surface area contributed by atoms with Gasteiger partial charge in [0.15, 0.2) is 0 Å². The molecule has 1 aromatic rings. The minimum atomic E-state index is 0.537. The maximum atomic E-state index is 8.70. The monoisotopic (exact) mass is 169 g/mol. The van der Waals surface area contributed by atoms with Gasteiger partial charge in [0.2, 0.25) is 0 Å². The van der Waals surface area contributed by atoms with E-state index in [1.165, 1.54) is 0 Å². The lowest BCUT2D eigenvalue weighted by atomic mass is 9.98. The molecule has 0 bridgehead atoms. The van der Waals surface area contributed by atoms with Crippen LogP contribution in [-0.4, -0.2) is 0 Å². The van der Waals surface area contributed by atoms with Gasteiger partial charge in [-0.1, -0.05) is 13.8 Å². The van der Waals surface area contributed by atoms with Crippen molar-refractivity contribution in [3.63, 3.8) is 0 Å². The average Bonchev–Trinajstić information content (AvgIpc) is 2.16. The van der Waals surface area contributed by atoms with E-state index >= 15 is 0 Å². The molecule has 2 nitrogen and oxygen atoms in total. The van der Waals surface area contributed by atoms with Crippen molar-refractivity contribution in [2.24, 2.45) is 0 Å². The van der Waals surface area contributed by atoms with Gasteiger partial charge in [0.05, 0.1) is 23.3 Å². The molecule has 63 valence electrons. The fourth-order valence-corrected chi connectivity index (χ4v) is 1.05. The maximum Gasteiger partial charge on any atom is 0.0992 e. The van der Waals surface area contributed by atoms with E-state index in [1.54, 1.807) is 18.2 Å². The summed E-state index contributed by atoms with van der Waals surface area (Å²) in [6.07, 6.45) is 0. The average molecular weight is 169 g/mol. The fourth-order valence-electron chi connectivity index (χ4n) is 1.05. The molecular weight excluding hydrogens is 160 g/mol. The summed E-state index contributed by atoms with van der Waals surface area (Å²) in [4.78, 5) is 0. The van der Waals surface area contributed by atoms with Crippen LogP contribution in [0.2, 0.25) is 0 Å². The van der Waals surface area contributed by atoms with E-state index in [4.69, 9.17) is 10.5 Å². The van der Waals surface area contributed by atoms with Gasteiger partial charge in [0, 0.05) is 0 Å². The zero-order chi connectivity index (χ0) is 9.84. The van der Waals surface area contributed by atoms with Crippen LogP contribution in [0.3, 0.4) is 0 Å². The standard InChI is InChI=1S/C11H9N2/c1-8(2)11-4-9(6-12)3-10(5-11)7-13/h3-5H,1-2H3. The largest absolute Gasteiger partial charge is 0.192 e. The summed E-state index contributed by atoms with van der Waals surface area (Å²) in [7, 11) is 0. The number of benzene rings is 1. The molecule has 2 heteroatoms. The van der Waals surface area contributed by atoms with Gasteiger partial charge in [-0.15, -0.1) is 0 Å². The molecule has 0 N–H and O–H groups in total. The molecule has 1 aromatic carbocycles. The second-order valence-corrected chi connectivity index (χ2v) is 3.02. The lowest BCUT2D eigenvalue weighted by Gasteiger charge is -2.04. The first-order valence-corrected chi connectivity index (χ1v) is 3.93. The van der Waals surface area contributed by atoms with Crippen LogP contribution in [0.15, 0.2) is 18.2 Å². The summed E-state index contributed by atoms with van der Waals surface area (Å²) in [5, 5.41) is 17.4. The topological polar surface area (TPSA) is 47.6 Å². The van der Waals surface area contributed by atoms with Gasteiger partial charge in [-0.05, 0) is 29.7 Å². The molecular formula is C11H9N2. The number of rotatable bonds is 1. The molecule has 0 aliphatic heterocycles. The van der Waals surface area contributed by atoms with Gasteiger partial charge >= 0.3 is 0 Å². The Kier molecular flexibility index (Phi) is 2.67. The van der Waals surface area contributed by atoms with Gasteiger partial charge in [0.25, 0.3) is 0 Å². The summed E-state index contributed by atoms with van der Waals surface area (Å²) < 4.78 is 0. The second kappa shape index (κ2) is 3.74. The van der Waals surface area contributed by atoms with Crippen LogP contribution in [0.4, 0.5) is 0 Å². The summed E-state index contributed by atoms with van der Waals surface area (Å²) >= 11 is 0. The lowest BCUT2D eigenvalue weighted by molar-refractivity contribution is 1.14. The Labute approximate surface area is 78.0 Å². The molecule has 0 aliphatic rings. The van der Waals surface area contributed by atoms with Crippen molar-refractivity contribution in [3.8, 4) is 12.1 Å². The second-order valence-electron chi connectivity index (χ2n) is 3.02. The molecule has 0 saturated heterocycles. The Morgan fingerprint density at radius 2 is 1.46 bits per heavy atom. The van der Waals surface area contributed by atoms with Crippen molar-refractivity contribution in [3.05, 3.63) is 40.8 Å². The third kappa shape index (κ3) is 2.07. The Balaban J connectivity index is 3.27. The third-order valence-electron chi connectivity index (χ3n) is 1.77. The first-order chi connectivity index (χ1) is 6.17. The van der Waals surface area contributed by atoms with Gasteiger partial charge in [-0.25, -0.2) is 0 Å². The molecule has 0 aliphatic carbocycles. The predicted octanol–water partition coefficient (Wildman–Crippen LogP) is 2.39. The first-order valence-electron chi connectivity index (χ1n) is 3.93. The number of hydrogen-bond acceptors (Lipinski definition) is 2. The van der Waals surface area contributed by atoms with E-state index in [2.05, 4.69) is 0 Å². The summed E-state index contributed by atoms with van der Waals surface area (Å²) in [5.41, 5.74) is 2.03. The number of nitriles is 2. The van der Waals surface area contributed by atoms with Crippen molar-refractivity contribution in [2.45, 2.75) is 13.8 Å². The lowest BCUT2D eigenvalue weighted by Crippen LogP contribution is -1.91. The molecule has 0 aromatic heterocycles. The Hall–Kier alpha value is -1.80. The smallest absolute Gasteiger partial charge is 0.0992 e. The fraction of sp³-hybridized carbons (Fsp3) is 0.182. The normalized spacial score (nSPS) is 9.31. The van der Waals surface area contributed by atoms with Crippen LogP contribution in [0.1, 0.15) is 30.5 Å². The maximum absolute atomic E-state index is 8.70. The van der Waals surface area contributed by atoms with Crippen molar-refractivity contribution in [1.29, 1.82) is 10.5 Å². The van der Waals surface area contributed by atoms with Crippen molar-refractivity contribution >= 4 is 0 Å². The molecule has 0 saturated carbocycles. The molecule has 0 spiro atoms. The van der Waals surface area contributed by atoms with Crippen molar-refractivity contribution < 1.29 is 0 Å². The minimum Gasteiger partial charge on any atom is -0.192 e.